The summed E-state index contributed by atoms with van der Waals surface area (Å²) in [6, 6.07) is 11.3. The van der Waals surface area contributed by atoms with E-state index in [9.17, 15) is 13.6 Å². The van der Waals surface area contributed by atoms with Crippen molar-refractivity contribution >= 4 is 17.7 Å². The Morgan fingerprint density at radius 1 is 1.19 bits per heavy atom. The fraction of sp³-hybridized carbons (Fsp3) is 0.200. The van der Waals surface area contributed by atoms with Crippen LogP contribution in [0.1, 0.15) is 29.0 Å². The van der Waals surface area contributed by atoms with Gasteiger partial charge in [-0.1, -0.05) is 17.8 Å². The average molecular weight is 308 g/mol. The summed E-state index contributed by atoms with van der Waals surface area (Å²) < 4.78 is 24.4. The Morgan fingerprint density at radius 2 is 1.90 bits per heavy atom. The van der Waals surface area contributed by atoms with Gasteiger partial charge in [-0.05, 0) is 43.3 Å². The number of halogens is 2. The number of pyridine rings is 1. The summed E-state index contributed by atoms with van der Waals surface area (Å²) in [6.45, 7) is 1.83. The molecule has 6 heteroatoms. The SMILES string of the molecule is C[C@@H](NC(=O)c1ccc(SC(F)F)cc1)c1ccccn1. The number of rotatable bonds is 5. The molecule has 0 unspecified atom stereocenters. The van der Waals surface area contributed by atoms with Gasteiger partial charge in [-0.3, -0.25) is 9.78 Å². The van der Waals surface area contributed by atoms with Crippen LogP contribution in [0, 0.1) is 0 Å². The maximum absolute atomic E-state index is 12.2. The summed E-state index contributed by atoms with van der Waals surface area (Å²) in [6.07, 6.45) is 1.66. The zero-order valence-corrected chi connectivity index (χ0v) is 12.1. The number of alkyl halides is 2. The van der Waals surface area contributed by atoms with Crippen LogP contribution in [0.25, 0.3) is 0 Å². The summed E-state index contributed by atoms with van der Waals surface area (Å²) in [5.74, 6) is -2.73. The predicted molar refractivity (Wildman–Crippen MR) is 78.4 cm³/mol. The molecule has 0 aliphatic rings. The summed E-state index contributed by atoms with van der Waals surface area (Å²) in [4.78, 5) is 16.7. The Morgan fingerprint density at radius 3 is 2.48 bits per heavy atom. The molecule has 2 aromatic rings. The van der Waals surface area contributed by atoms with Crippen LogP contribution in [0.4, 0.5) is 8.78 Å². The minimum Gasteiger partial charge on any atom is -0.344 e. The van der Waals surface area contributed by atoms with Crippen LogP contribution in [0.2, 0.25) is 0 Å². The lowest BCUT2D eigenvalue weighted by Gasteiger charge is -2.13. The number of nitrogens with one attached hydrogen (secondary N) is 1. The molecule has 3 nitrogen and oxygen atoms in total. The van der Waals surface area contributed by atoms with Crippen LogP contribution in [0.5, 0.6) is 0 Å². The van der Waals surface area contributed by atoms with Gasteiger partial charge in [-0.25, -0.2) is 0 Å². The highest BCUT2D eigenvalue weighted by atomic mass is 32.2. The molecule has 1 atom stereocenters. The third kappa shape index (κ3) is 4.53. The van der Waals surface area contributed by atoms with E-state index >= 15 is 0 Å². The van der Waals surface area contributed by atoms with Gasteiger partial charge >= 0.3 is 0 Å². The number of nitrogens with zero attached hydrogens (tertiary/aromatic N) is 1. The van der Waals surface area contributed by atoms with Crippen molar-refractivity contribution in [1.29, 1.82) is 0 Å². The molecule has 0 spiro atoms. The largest absolute Gasteiger partial charge is 0.344 e. The van der Waals surface area contributed by atoms with E-state index in [2.05, 4.69) is 10.3 Å². The third-order valence-corrected chi connectivity index (χ3v) is 3.54. The molecular formula is C15H14F2N2OS. The van der Waals surface area contributed by atoms with Gasteiger partial charge in [0.25, 0.3) is 11.7 Å². The molecule has 0 aliphatic carbocycles. The van der Waals surface area contributed by atoms with Crippen LogP contribution in [-0.4, -0.2) is 16.6 Å². The van der Waals surface area contributed by atoms with Gasteiger partial charge in [0, 0.05) is 16.7 Å². The van der Waals surface area contributed by atoms with Crippen molar-refractivity contribution in [3.05, 3.63) is 59.9 Å². The second kappa shape index (κ2) is 7.17. The number of benzene rings is 1. The number of aromatic nitrogens is 1. The zero-order chi connectivity index (χ0) is 15.2. The highest BCUT2D eigenvalue weighted by molar-refractivity contribution is 7.99. The Bertz CT molecular complexity index is 590. The number of hydrogen-bond acceptors (Lipinski definition) is 3. The maximum Gasteiger partial charge on any atom is 0.288 e. The molecule has 1 amide bonds. The Hall–Kier alpha value is -1.95. The monoisotopic (exact) mass is 308 g/mol. The quantitative estimate of drug-likeness (QED) is 0.852. The zero-order valence-electron chi connectivity index (χ0n) is 11.3. The van der Waals surface area contributed by atoms with E-state index in [1.165, 1.54) is 24.3 Å². The molecule has 0 aliphatic heterocycles. The van der Waals surface area contributed by atoms with E-state index in [1.807, 2.05) is 19.1 Å². The van der Waals surface area contributed by atoms with Gasteiger partial charge < -0.3 is 5.32 Å². The summed E-state index contributed by atoms with van der Waals surface area (Å²) >= 11 is 0.455. The van der Waals surface area contributed by atoms with Crippen LogP contribution in [0.3, 0.4) is 0 Å². The first-order valence-electron chi connectivity index (χ1n) is 6.33. The van der Waals surface area contributed by atoms with Crippen molar-refractivity contribution in [1.82, 2.24) is 10.3 Å². The lowest BCUT2D eigenvalue weighted by molar-refractivity contribution is 0.0939. The first-order valence-corrected chi connectivity index (χ1v) is 7.21. The van der Waals surface area contributed by atoms with Gasteiger partial charge in [0.05, 0.1) is 11.7 Å². The molecule has 0 radical (unpaired) electrons. The third-order valence-electron chi connectivity index (χ3n) is 2.82. The van der Waals surface area contributed by atoms with Crippen molar-refractivity contribution in [2.75, 3.05) is 0 Å². The molecule has 21 heavy (non-hydrogen) atoms. The van der Waals surface area contributed by atoms with Crippen molar-refractivity contribution in [2.45, 2.75) is 23.6 Å². The van der Waals surface area contributed by atoms with Crippen molar-refractivity contribution in [3.63, 3.8) is 0 Å². The second-order valence-corrected chi connectivity index (χ2v) is 5.42. The molecule has 0 fully saturated rings. The molecule has 0 saturated heterocycles. The highest BCUT2D eigenvalue weighted by Gasteiger charge is 2.12. The van der Waals surface area contributed by atoms with E-state index in [1.54, 1.807) is 12.3 Å². The molecule has 0 bridgehead atoms. The maximum atomic E-state index is 12.2. The minimum absolute atomic E-state index is 0.228. The van der Waals surface area contributed by atoms with Crippen LogP contribution >= 0.6 is 11.8 Å². The minimum atomic E-state index is -2.46. The topological polar surface area (TPSA) is 42.0 Å². The van der Waals surface area contributed by atoms with Crippen LogP contribution in [-0.2, 0) is 0 Å². The fourth-order valence-electron chi connectivity index (χ4n) is 1.77. The molecular weight excluding hydrogens is 294 g/mol. The molecule has 1 N–H and O–H groups in total. The Kier molecular flexibility index (Phi) is 5.27. The van der Waals surface area contributed by atoms with E-state index in [0.29, 0.717) is 22.2 Å². The Labute approximate surface area is 125 Å². The number of amides is 1. The number of thioether (sulfide) groups is 1. The molecule has 1 aromatic heterocycles. The summed E-state index contributed by atoms with van der Waals surface area (Å²) in [5.41, 5.74) is 1.19. The normalized spacial score (nSPS) is 12.2. The van der Waals surface area contributed by atoms with Crippen molar-refractivity contribution in [2.24, 2.45) is 0 Å². The van der Waals surface area contributed by atoms with Gasteiger partial charge in [0.15, 0.2) is 0 Å². The summed E-state index contributed by atoms with van der Waals surface area (Å²) in [5, 5.41) is 2.82. The fourth-order valence-corrected chi connectivity index (χ4v) is 2.27. The number of carbonyl (C=O) groups is 1. The van der Waals surface area contributed by atoms with Gasteiger partial charge in [0.1, 0.15) is 0 Å². The molecule has 110 valence electrons. The molecule has 1 aromatic carbocycles. The first-order chi connectivity index (χ1) is 10.1. The first kappa shape index (κ1) is 15.4. The van der Waals surface area contributed by atoms with E-state index in [-0.39, 0.29) is 11.9 Å². The summed E-state index contributed by atoms with van der Waals surface area (Å²) in [7, 11) is 0. The van der Waals surface area contributed by atoms with Crippen LogP contribution < -0.4 is 5.32 Å². The Balaban J connectivity index is 2.00. The second-order valence-electron chi connectivity index (χ2n) is 4.35. The standard InChI is InChI=1S/C15H14F2N2OS/c1-10(13-4-2-3-9-18-13)19-14(20)11-5-7-12(8-6-11)21-15(16)17/h2-10,15H,1H3,(H,19,20)/t10-/m1/s1. The van der Waals surface area contributed by atoms with E-state index < -0.39 is 5.76 Å². The van der Waals surface area contributed by atoms with E-state index in [0.717, 1.165) is 5.69 Å². The van der Waals surface area contributed by atoms with Gasteiger partial charge in [-0.15, -0.1) is 0 Å². The smallest absolute Gasteiger partial charge is 0.288 e. The highest BCUT2D eigenvalue weighted by Crippen LogP contribution is 2.25. The lowest BCUT2D eigenvalue weighted by atomic mass is 10.1. The number of hydrogen-bond donors (Lipinski definition) is 1. The van der Waals surface area contributed by atoms with Crippen molar-refractivity contribution < 1.29 is 13.6 Å². The van der Waals surface area contributed by atoms with Crippen LogP contribution in [0.15, 0.2) is 53.6 Å². The van der Waals surface area contributed by atoms with E-state index in [4.69, 9.17) is 0 Å². The van der Waals surface area contributed by atoms with Gasteiger partial charge in [-0.2, -0.15) is 8.78 Å². The van der Waals surface area contributed by atoms with Gasteiger partial charge in [0.2, 0.25) is 0 Å². The molecule has 0 saturated carbocycles. The average Bonchev–Trinajstić information content (AvgIpc) is 2.48. The number of carbonyl (C=O) groups excluding carboxylic acids is 1. The molecule has 2 rings (SSSR count). The molecule has 1 heterocycles. The van der Waals surface area contributed by atoms with Crippen molar-refractivity contribution in [3.8, 4) is 0 Å². The predicted octanol–water partition coefficient (Wildman–Crippen LogP) is 3.89. The lowest BCUT2D eigenvalue weighted by Crippen LogP contribution is -2.27.